The standard InChI is InChI=1S/C20H23FN2O4/c21-15-4-6-17(25-8-1-7-22)16(12-15)20(24)23-13-14-3-5-18-19(11-14)27-10-2-9-26-18/h3-6,11-12H,1-2,7-10,13,22H2,(H,23,24). The second-order valence-corrected chi connectivity index (χ2v) is 6.15. The minimum absolute atomic E-state index is 0.154. The molecule has 144 valence electrons. The van der Waals surface area contributed by atoms with Crippen LogP contribution in [-0.4, -0.2) is 32.3 Å². The van der Waals surface area contributed by atoms with Gasteiger partial charge in [-0.25, -0.2) is 4.39 Å². The molecule has 0 atom stereocenters. The maximum absolute atomic E-state index is 13.6. The van der Waals surface area contributed by atoms with Gasteiger partial charge in [-0.1, -0.05) is 6.07 Å². The molecule has 0 aromatic heterocycles. The molecule has 1 aliphatic rings. The van der Waals surface area contributed by atoms with E-state index in [-0.39, 0.29) is 12.1 Å². The molecule has 0 bridgehead atoms. The summed E-state index contributed by atoms with van der Waals surface area (Å²) < 4.78 is 30.4. The number of benzene rings is 2. The Bertz CT molecular complexity index is 798. The van der Waals surface area contributed by atoms with Gasteiger partial charge in [0.05, 0.1) is 25.4 Å². The molecule has 3 rings (SSSR count). The Labute approximate surface area is 157 Å². The summed E-state index contributed by atoms with van der Waals surface area (Å²) in [5, 5.41) is 2.79. The van der Waals surface area contributed by atoms with Gasteiger partial charge in [0.15, 0.2) is 11.5 Å². The van der Waals surface area contributed by atoms with E-state index >= 15 is 0 Å². The summed E-state index contributed by atoms with van der Waals surface area (Å²) in [7, 11) is 0. The molecule has 0 saturated heterocycles. The van der Waals surface area contributed by atoms with Gasteiger partial charge in [0, 0.05) is 13.0 Å². The van der Waals surface area contributed by atoms with E-state index in [0.717, 1.165) is 12.0 Å². The second-order valence-electron chi connectivity index (χ2n) is 6.15. The molecule has 0 radical (unpaired) electrons. The fraction of sp³-hybridized carbons (Fsp3) is 0.350. The third-order valence-electron chi connectivity index (χ3n) is 4.06. The van der Waals surface area contributed by atoms with Crippen LogP contribution in [0, 0.1) is 5.82 Å². The molecule has 0 spiro atoms. The number of ether oxygens (including phenoxy) is 3. The van der Waals surface area contributed by atoms with Crippen LogP contribution < -0.4 is 25.3 Å². The minimum atomic E-state index is -0.498. The number of nitrogens with two attached hydrogens (primary N) is 1. The van der Waals surface area contributed by atoms with Gasteiger partial charge in [0.25, 0.3) is 5.91 Å². The Hall–Kier alpha value is -2.80. The van der Waals surface area contributed by atoms with E-state index in [1.807, 2.05) is 18.2 Å². The molecule has 6 nitrogen and oxygen atoms in total. The first kappa shape index (κ1) is 19.0. The number of nitrogens with one attached hydrogen (secondary N) is 1. The molecule has 0 aliphatic carbocycles. The molecule has 1 heterocycles. The first-order chi connectivity index (χ1) is 13.2. The van der Waals surface area contributed by atoms with Crippen molar-refractivity contribution in [1.82, 2.24) is 5.32 Å². The molecule has 7 heteroatoms. The number of hydrogen-bond acceptors (Lipinski definition) is 5. The fourth-order valence-electron chi connectivity index (χ4n) is 2.67. The zero-order valence-electron chi connectivity index (χ0n) is 15.0. The van der Waals surface area contributed by atoms with Crippen LogP contribution in [-0.2, 0) is 6.54 Å². The highest BCUT2D eigenvalue weighted by atomic mass is 19.1. The van der Waals surface area contributed by atoms with E-state index in [9.17, 15) is 9.18 Å². The zero-order valence-corrected chi connectivity index (χ0v) is 15.0. The van der Waals surface area contributed by atoms with Crippen molar-refractivity contribution in [1.29, 1.82) is 0 Å². The third kappa shape index (κ3) is 5.10. The first-order valence-electron chi connectivity index (χ1n) is 8.96. The highest BCUT2D eigenvalue weighted by Gasteiger charge is 2.15. The summed E-state index contributed by atoms with van der Waals surface area (Å²) in [5.74, 6) is 0.784. The molecule has 2 aromatic carbocycles. The Kier molecular flexibility index (Phi) is 6.49. The van der Waals surface area contributed by atoms with Gasteiger partial charge < -0.3 is 25.3 Å². The van der Waals surface area contributed by atoms with Crippen LogP contribution in [0.3, 0.4) is 0 Å². The highest BCUT2D eigenvalue weighted by molar-refractivity contribution is 5.96. The van der Waals surface area contributed by atoms with Crippen molar-refractivity contribution in [2.75, 3.05) is 26.4 Å². The lowest BCUT2D eigenvalue weighted by Gasteiger charge is -2.13. The monoisotopic (exact) mass is 374 g/mol. The van der Waals surface area contributed by atoms with Crippen molar-refractivity contribution in [2.45, 2.75) is 19.4 Å². The van der Waals surface area contributed by atoms with E-state index in [4.69, 9.17) is 19.9 Å². The van der Waals surface area contributed by atoms with Crippen LogP contribution in [0.25, 0.3) is 0 Å². The predicted molar refractivity (Wildman–Crippen MR) is 98.8 cm³/mol. The zero-order chi connectivity index (χ0) is 19.1. The quantitative estimate of drug-likeness (QED) is 0.728. The summed E-state index contributed by atoms with van der Waals surface area (Å²) in [6.07, 6.45) is 1.48. The molecule has 27 heavy (non-hydrogen) atoms. The maximum atomic E-state index is 13.6. The normalized spacial score (nSPS) is 13.0. The lowest BCUT2D eigenvalue weighted by atomic mass is 10.1. The highest BCUT2D eigenvalue weighted by Crippen LogP contribution is 2.30. The summed E-state index contributed by atoms with van der Waals surface area (Å²) in [5.41, 5.74) is 6.46. The van der Waals surface area contributed by atoms with Crippen molar-refractivity contribution in [2.24, 2.45) is 5.73 Å². The molecule has 0 unspecified atom stereocenters. The van der Waals surface area contributed by atoms with Gasteiger partial charge in [0.1, 0.15) is 11.6 Å². The van der Waals surface area contributed by atoms with Crippen molar-refractivity contribution in [3.8, 4) is 17.2 Å². The fourth-order valence-corrected chi connectivity index (χ4v) is 2.67. The molecule has 0 saturated carbocycles. The molecule has 2 aromatic rings. The predicted octanol–water partition coefficient (Wildman–Crippen LogP) is 2.64. The number of fused-ring (bicyclic) bond motifs is 1. The molecular formula is C20H23FN2O4. The van der Waals surface area contributed by atoms with Crippen LogP contribution >= 0.6 is 0 Å². The second kappa shape index (κ2) is 9.23. The van der Waals surface area contributed by atoms with Gasteiger partial charge in [-0.3, -0.25) is 4.79 Å². The Morgan fingerprint density at radius 3 is 2.78 bits per heavy atom. The average molecular weight is 374 g/mol. The molecule has 1 amide bonds. The summed E-state index contributed by atoms with van der Waals surface area (Å²) in [4.78, 5) is 12.5. The van der Waals surface area contributed by atoms with E-state index in [1.54, 1.807) is 0 Å². The summed E-state index contributed by atoms with van der Waals surface area (Å²) >= 11 is 0. The van der Waals surface area contributed by atoms with Gasteiger partial charge in [0.2, 0.25) is 0 Å². The number of hydrogen-bond donors (Lipinski definition) is 2. The topological polar surface area (TPSA) is 82.8 Å². The van der Waals surface area contributed by atoms with Crippen molar-refractivity contribution < 1.29 is 23.4 Å². The maximum Gasteiger partial charge on any atom is 0.255 e. The van der Waals surface area contributed by atoms with Gasteiger partial charge in [-0.15, -0.1) is 0 Å². The smallest absolute Gasteiger partial charge is 0.255 e. The summed E-state index contributed by atoms with van der Waals surface area (Å²) in [6.45, 7) is 2.33. The lowest BCUT2D eigenvalue weighted by Crippen LogP contribution is -2.24. The van der Waals surface area contributed by atoms with Gasteiger partial charge in [-0.2, -0.15) is 0 Å². The van der Waals surface area contributed by atoms with Crippen molar-refractivity contribution >= 4 is 5.91 Å². The number of carbonyl (C=O) groups excluding carboxylic acids is 1. The largest absolute Gasteiger partial charge is 0.493 e. The average Bonchev–Trinajstić information content (AvgIpc) is 2.92. The number of amides is 1. The van der Waals surface area contributed by atoms with E-state index in [1.165, 1.54) is 18.2 Å². The number of rotatable bonds is 7. The van der Waals surface area contributed by atoms with E-state index in [2.05, 4.69) is 5.32 Å². The van der Waals surface area contributed by atoms with Gasteiger partial charge in [-0.05, 0) is 48.9 Å². The van der Waals surface area contributed by atoms with Crippen LogP contribution in [0.2, 0.25) is 0 Å². The van der Waals surface area contributed by atoms with Crippen LogP contribution in [0.4, 0.5) is 4.39 Å². The van der Waals surface area contributed by atoms with Gasteiger partial charge >= 0.3 is 0 Å². The van der Waals surface area contributed by atoms with E-state index in [0.29, 0.717) is 50.0 Å². The summed E-state index contributed by atoms with van der Waals surface area (Å²) in [6, 6.07) is 9.41. The molecule has 1 aliphatic heterocycles. The Balaban J connectivity index is 1.67. The number of carbonyl (C=O) groups is 1. The van der Waals surface area contributed by atoms with Crippen LogP contribution in [0.15, 0.2) is 36.4 Å². The molecule has 3 N–H and O–H groups in total. The van der Waals surface area contributed by atoms with E-state index < -0.39 is 11.7 Å². The first-order valence-corrected chi connectivity index (χ1v) is 8.96. The molecular weight excluding hydrogens is 351 g/mol. The van der Waals surface area contributed by atoms with Crippen molar-refractivity contribution in [3.05, 3.63) is 53.3 Å². The van der Waals surface area contributed by atoms with Crippen LogP contribution in [0.5, 0.6) is 17.2 Å². The number of halogens is 1. The lowest BCUT2D eigenvalue weighted by molar-refractivity contribution is 0.0946. The molecule has 0 fully saturated rings. The SMILES string of the molecule is NCCCOc1ccc(F)cc1C(=O)NCc1ccc2c(c1)OCCCO2. The Morgan fingerprint density at radius 2 is 1.96 bits per heavy atom. The van der Waals surface area contributed by atoms with Crippen LogP contribution in [0.1, 0.15) is 28.8 Å². The Morgan fingerprint density at radius 1 is 1.15 bits per heavy atom. The minimum Gasteiger partial charge on any atom is -0.493 e. The third-order valence-corrected chi connectivity index (χ3v) is 4.06. The van der Waals surface area contributed by atoms with Crippen molar-refractivity contribution in [3.63, 3.8) is 0 Å².